The van der Waals surface area contributed by atoms with Crippen molar-refractivity contribution in [3.63, 3.8) is 0 Å². The highest BCUT2D eigenvalue weighted by atomic mass is 19.1. The molecule has 3 atom stereocenters. The SMILES string of the molecule is CC1CCC(Nc2cc(C(=O)O)c(N)cc2F)CC1C. The normalized spacial score (nSPS) is 26.2. The molecule has 0 aromatic heterocycles. The number of nitrogens with one attached hydrogen (secondary N) is 1. The quantitative estimate of drug-likeness (QED) is 0.742. The van der Waals surface area contributed by atoms with Crippen LogP contribution in [0.5, 0.6) is 0 Å². The van der Waals surface area contributed by atoms with E-state index in [0.717, 1.165) is 25.3 Å². The molecule has 0 heterocycles. The summed E-state index contributed by atoms with van der Waals surface area (Å²) in [5.74, 6) is -0.383. The van der Waals surface area contributed by atoms with Crippen molar-refractivity contribution in [1.82, 2.24) is 0 Å². The largest absolute Gasteiger partial charge is 0.478 e. The molecular weight excluding hydrogens is 259 g/mol. The number of halogens is 1. The van der Waals surface area contributed by atoms with Crippen LogP contribution in [0.25, 0.3) is 0 Å². The number of hydrogen-bond acceptors (Lipinski definition) is 3. The zero-order chi connectivity index (χ0) is 14.9. The summed E-state index contributed by atoms with van der Waals surface area (Å²) in [6.07, 6.45) is 3.03. The van der Waals surface area contributed by atoms with Gasteiger partial charge in [-0.3, -0.25) is 0 Å². The number of anilines is 2. The first-order valence-corrected chi connectivity index (χ1v) is 6.97. The molecule has 1 fully saturated rings. The minimum Gasteiger partial charge on any atom is -0.478 e. The van der Waals surface area contributed by atoms with E-state index in [-0.39, 0.29) is 23.0 Å². The summed E-state index contributed by atoms with van der Waals surface area (Å²) in [7, 11) is 0. The van der Waals surface area contributed by atoms with Crippen molar-refractivity contribution in [3.05, 3.63) is 23.5 Å². The Morgan fingerprint density at radius 3 is 2.65 bits per heavy atom. The van der Waals surface area contributed by atoms with Gasteiger partial charge in [0.25, 0.3) is 0 Å². The number of carboxylic acid groups (broad SMARTS) is 1. The molecule has 3 unspecified atom stereocenters. The van der Waals surface area contributed by atoms with Crippen molar-refractivity contribution in [2.75, 3.05) is 11.1 Å². The molecule has 1 aromatic carbocycles. The molecule has 0 amide bonds. The van der Waals surface area contributed by atoms with Crippen LogP contribution in [0.15, 0.2) is 12.1 Å². The third-order valence-electron chi connectivity index (χ3n) is 4.33. The van der Waals surface area contributed by atoms with E-state index in [1.807, 2.05) is 0 Å². The van der Waals surface area contributed by atoms with E-state index in [9.17, 15) is 9.18 Å². The summed E-state index contributed by atoms with van der Waals surface area (Å²) in [6.45, 7) is 4.42. The number of carbonyl (C=O) groups is 1. The topological polar surface area (TPSA) is 75.3 Å². The van der Waals surface area contributed by atoms with Gasteiger partial charge in [0.1, 0.15) is 5.82 Å². The number of nitrogens with two attached hydrogens (primary N) is 1. The predicted octanol–water partition coefficient (Wildman–Crippen LogP) is 3.34. The molecule has 0 bridgehead atoms. The van der Waals surface area contributed by atoms with Gasteiger partial charge in [0.2, 0.25) is 0 Å². The Hall–Kier alpha value is -1.78. The average molecular weight is 280 g/mol. The average Bonchev–Trinajstić information content (AvgIpc) is 2.36. The van der Waals surface area contributed by atoms with Crippen molar-refractivity contribution < 1.29 is 14.3 Å². The number of rotatable bonds is 3. The lowest BCUT2D eigenvalue weighted by molar-refractivity contribution is 0.0698. The number of benzene rings is 1. The molecule has 0 spiro atoms. The number of carboxylic acids is 1. The van der Waals surface area contributed by atoms with Crippen molar-refractivity contribution in [2.24, 2.45) is 11.8 Å². The maximum absolute atomic E-state index is 13.9. The van der Waals surface area contributed by atoms with Crippen molar-refractivity contribution in [3.8, 4) is 0 Å². The Morgan fingerprint density at radius 2 is 2.05 bits per heavy atom. The molecule has 0 saturated heterocycles. The van der Waals surface area contributed by atoms with E-state index in [0.29, 0.717) is 11.8 Å². The van der Waals surface area contributed by atoms with Crippen molar-refractivity contribution in [2.45, 2.75) is 39.2 Å². The van der Waals surface area contributed by atoms with E-state index in [2.05, 4.69) is 19.2 Å². The summed E-state index contributed by atoms with van der Waals surface area (Å²) in [5.41, 5.74) is 5.63. The first-order chi connectivity index (χ1) is 9.38. The van der Waals surface area contributed by atoms with Crippen LogP contribution in [0.2, 0.25) is 0 Å². The summed E-state index contributed by atoms with van der Waals surface area (Å²) in [5, 5.41) is 12.2. The van der Waals surface area contributed by atoms with Crippen LogP contribution >= 0.6 is 0 Å². The van der Waals surface area contributed by atoms with Gasteiger partial charge in [0.05, 0.1) is 11.3 Å². The van der Waals surface area contributed by atoms with E-state index in [1.165, 1.54) is 6.07 Å². The molecule has 2 rings (SSSR count). The predicted molar refractivity (Wildman–Crippen MR) is 77.4 cm³/mol. The molecule has 0 aliphatic heterocycles. The Balaban J connectivity index is 2.17. The second-order valence-corrected chi connectivity index (χ2v) is 5.83. The third kappa shape index (κ3) is 3.03. The minimum absolute atomic E-state index is 0.0498. The molecule has 1 aliphatic carbocycles. The van der Waals surface area contributed by atoms with Gasteiger partial charge in [-0.2, -0.15) is 0 Å². The molecule has 4 N–H and O–H groups in total. The molecule has 5 heteroatoms. The molecular formula is C15H21FN2O2. The van der Waals surface area contributed by atoms with Crippen LogP contribution in [0.3, 0.4) is 0 Å². The van der Waals surface area contributed by atoms with Crippen LogP contribution in [0.4, 0.5) is 15.8 Å². The number of hydrogen-bond donors (Lipinski definition) is 3. The van der Waals surface area contributed by atoms with E-state index >= 15 is 0 Å². The first-order valence-electron chi connectivity index (χ1n) is 6.97. The van der Waals surface area contributed by atoms with Gasteiger partial charge in [-0.05, 0) is 43.2 Å². The standard InChI is InChI=1S/C15H21FN2O2/c1-8-3-4-10(5-9(8)2)18-14-6-11(15(19)20)13(17)7-12(14)16/h6-10,18H,3-5,17H2,1-2H3,(H,19,20). The minimum atomic E-state index is -1.14. The molecule has 1 aliphatic rings. The summed E-state index contributed by atoms with van der Waals surface area (Å²) in [6, 6.07) is 2.54. The lowest BCUT2D eigenvalue weighted by Gasteiger charge is -2.33. The molecule has 110 valence electrons. The fraction of sp³-hybridized carbons (Fsp3) is 0.533. The van der Waals surface area contributed by atoms with Crippen molar-refractivity contribution >= 4 is 17.3 Å². The highest BCUT2D eigenvalue weighted by Gasteiger charge is 2.25. The smallest absolute Gasteiger partial charge is 0.337 e. The second-order valence-electron chi connectivity index (χ2n) is 5.83. The maximum atomic E-state index is 13.9. The van der Waals surface area contributed by atoms with Gasteiger partial charge >= 0.3 is 5.97 Å². The van der Waals surface area contributed by atoms with Crippen LogP contribution < -0.4 is 11.1 Å². The number of nitrogen functional groups attached to an aromatic ring is 1. The molecule has 1 saturated carbocycles. The zero-order valence-electron chi connectivity index (χ0n) is 11.8. The van der Waals surface area contributed by atoms with Crippen LogP contribution in [-0.2, 0) is 0 Å². The van der Waals surface area contributed by atoms with Gasteiger partial charge in [-0.1, -0.05) is 13.8 Å². The molecule has 4 nitrogen and oxygen atoms in total. The number of aromatic carboxylic acids is 1. The Labute approximate surface area is 118 Å². The first kappa shape index (κ1) is 14.6. The van der Waals surface area contributed by atoms with Crippen LogP contribution in [0.1, 0.15) is 43.5 Å². The van der Waals surface area contributed by atoms with Gasteiger partial charge in [0, 0.05) is 11.7 Å². The lowest BCUT2D eigenvalue weighted by atomic mass is 9.79. The van der Waals surface area contributed by atoms with Crippen molar-refractivity contribution in [1.29, 1.82) is 0 Å². The van der Waals surface area contributed by atoms with Gasteiger partial charge < -0.3 is 16.2 Å². The third-order valence-corrected chi connectivity index (χ3v) is 4.33. The van der Waals surface area contributed by atoms with Gasteiger partial charge in [-0.25, -0.2) is 9.18 Å². The zero-order valence-corrected chi connectivity index (χ0v) is 11.8. The Morgan fingerprint density at radius 1 is 1.35 bits per heavy atom. The second kappa shape index (κ2) is 5.69. The Bertz CT molecular complexity index is 519. The van der Waals surface area contributed by atoms with Crippen LogP contribution in [-0.4, -0.2) is 17.1 Å². The van der Waals surface area contributed by atoms with E-state index in [1.54, 1.807) is 0 Å². The lowest BCUT2D eigenvalue weighted by Crippen LogP contribution is -2.30. The maximum Gasteiger partial charge on any atom is 0.337 e. The van der Waals surface area contributed by atoms with Crippen LogP contribution in [0, 0.1) is 17.7 Å². The molecule has 20 heavy (non-hydrogen) atoms. The fourth-order valence-electron chi connectivity index (χ4n) is 2.78. The molecule has 1 aromatic rings. The summed E-state index contributed by atoms with van der Waals surface area (Å²) < 4.78 is 13.9. The fourth-order valence-corrected chi connectivity index (χ4v) is 2.78. The van der Waals surface area contributed by atoms with E-state index in [4.69, 9.17) is 10.8 Å². The molecule has 0 radical (unpaired) electrons. The Kier molecular flexibility index (Phi) is 4.16. The monoisotopic (exact) mass is 280 g/mol. The van der Waals surface area contributed by atoms with E-state index < -0.39 is 11.8 Å². The summed E-state index contributed by atoms with van der Waals surface area (Å²) in [4.78, 5) is 11.0. The van der Waals surface area contributed by atoms with Gasteiger partial charge in [-0.15, -0.1) is 0 Å². The summed E-state index contributed by atoms with van der Waals surface area (Å²) >= 11 is 0. The van der Waals surface area contributed by atoms with Gasteiger partial charge in [0.15, 0.2) is 0 Å². The highest BCUT2D eigenvalue weighted by Crippen LogP contribution is 2.32. The highest BCUT2D eigenvalue weighted by molar-refractivity contribution is 5.94.